The van der Waals surface area contributed by atoms with Crippen molar-refractivity contribution in [1.29, 1.82) is 0 Å². The summed E-state index contributed by atoms with van der Waals surface area (Å²) >= 11 is 0. The Kier molecular flexibility index (Phi) is 4.34. The maximum Gasteiger partial charge on any atom is 0.271 e. The van der Waals surface area contributed by atoms with E-state index in [4.69, 9.17) is 0 Å². The van der Waals surface area contributed by atoms with Crippen molar-refractivity contribution in [1.82, 2.24) is 9.55 Å². The van der Waals surface area contributed by atoms with Crippen LogP contribution >= 0.6 is 0 Å². The summed E-state index contributed by atoms with van der Waals surface area (Å²) in [6.45, 7) is 5.51. The van der Waals surface area contributed by atoms with Crippen LogP contribution in [-0.4, -0.2) is 14.5 Å². The molecule has 0 aliphatic heterocycles. The molecule has 0 unspecified atom stereocenters. The number of nitro benzene ring substituents is 1. The third kappa shape index (κ3) is 3.14. The standard InChI is InChI=1S/C14H18N4O2/c1-3-7-17-8-6-15-14(17)10-16-13-9-12(18(19)20)5-4-11(13)2/h4-6,8-9,16H,3,7,10H2,1-2H3. The van der Waals surface area contributed by atoms with Gasteiger partial charge < -0.3 is 9.88 Å². The fraction of sp³-hybridized carbons (Fsp3) is 0.357. The molecule has 2 aromatic rings. The Morgan fingerprint density at radius 3 is 2.95 bits per heavy atom. The molecular weight excluding hydrogens is 256 g/mol. The first-order chi connectivity index (χ1) is 9.61. The number of rotatable bonds is 6. The summed E-state index contributed by atoms with van der Waals surface area (Å²) in [5.74, 6) is 0.928. The maximum atomic E-state index is 10.8. The summed E-state index contributed by atoms with van der Waals surface area (Å²) in [4.78, 5) is 14.7. The van der Waals surface area contributed by atoms with Gasteiger partial charge in [-0.05, 0) is 18.9 Å². The Labute approximate surface area is 117 Å². The molecule has 0 spiro atoms. The van der Waals surface area contributed by atoms with E-state index in [9.17, 15) is 10.1 Å². The van der Waals surface area contributed by atoms with E-state index in [0.717, 1.165) is 30.0 Å². The van der Waals surface area contributed by atoms with Crippen molar-refractivity contribution in [3.8, 4) is 0 Å². The summed E-state index contributed by atoms with van der Waals surface area (Å²) in [7, 11) is 0. The predicted molar refractivity (Wildman–Crippen MR) is 77.7 cm³/mol. The van der Waals surface area contributed by atoms with Gasteiger partial charge in [-0.2, -0.15) is 0 Å². The molecule has 1 heterocycles. The largest absolute Gasteiger partial charge is 0.377 e. The number of aromatic nitrogens is 2. The second kappa shape index (κ2) is 6.18. The molecule has 0 fully saturated rings. The number of hydrogen-bond donors (Lipinski definition) is 1. The summed E-state index contributed by atoms with van der Waals surface area (Å²) in [6.07, 6.45) is 4.76. The van der Waals surface area contributed by atoms with Crippen molar-refractivity contribution in [2.24, 2.45) is 0 Å². The quantitative estimate of drug-likeness (QED) is 0.648. The second-order valence-corrected chi connectivity index (χ2v) is 4.65. The molecule has 2 rings (SSSR count). The van der Waals surface area contributed by atoms with Crippen molar-refractivity contribution in [2.75, 3.05) is 5.32 Å². The molecule has 0 atom stereocenters. The van der Waals surface area contributed by atoms with Crippen LogP contribution in [0.4, 0.5) is 11.4 Å². The Morgan fingerprint density at radius 2 is 2.25 bits per heavy atom. The Morgan fingerprint density at radius 1 is 1.45 bits per heavy atom. The number of aryl methyl sites for hydroxylation is 2. The predicted octanol–water partition coefficient (Wildman–Crippen LogP) is 3.12. The molecule has 1 N–H and O–H groups in total. The van der Waals surface area contributed by atoms with Crippen LogP contribution in [0.25, 0.3) is 0 Å². The van der Waals surface area contributed by atoms with Gasteiger partial charge in [-0.1, -0.05) is 13.0 Å². The van der Waals surface area contributed by atoms with Crippen LogP contribution in [0.5, 0.6) is 0 Å². The van der Waals surface area contributed by atoms with Gasteiger partial charge in [-0.3, -0.25) is 10.1 Å². The minimum atomic E-state index is -0.386. The zero-order valence-corrected chi connectivity index (χ0v) is 11.7. The van der Waals surface area contributed by atoms with Gasteiger partial charge in [-0.25, -0.2) is 4.98 Å². The smallest absolute Gasteiger partial charge is 0.271 e. The van der Waals surface area contributed by atoms with Gasteiger partial charge in [0.1, 0.15) is 5.82 Å². The molecule has 1 aromatic carbocycles. The molecule has 6 nitrogen and oxygen atoms in total. The molecule has 0 saturated carbocycles. The Bertz CT molecular complexity index is 607. The molecule has 0 bridgehead atoms. The van der Waals surface area contributed by atoms with Gasteiger partial charge in [0.2, 0.25) is 0 Å². The van der Waals surface area contributed by atoms with Crippen molar-refractivity contribution < 1.29 is 4.92 Å². The first-order valence-corrected chi connectivity index (χ1v) is 6.60. The van der Waals surface area contributed by atoms with E-state index in [0.29, 0.717) is 6.54 Å². The lowest BCUT2D eigenvalue weighted by atomic mass is 10.2. The zero-order chi connectivity index (χ0) is 14.5. The number of anilines is 1. The molecular formula is C14H18N4O2. The van der Waals surface area contributed by atoms with E-state index in [2.05, 4.69) is 21.8 Å². The van der Waals surface area contributed by atoms with Gasteiger partial charge in [0.25, 0.3) is 5.69 Å². The van der Waals surface area contributed by atoms with Crippen LogP contribution in [0.1, 0.15) is 24.7 Å². The number of benzene rings is 1. The van der Waals surface area contributed by atoms with E-state index in [1.807, 2.05) is 13.1 Å². The number of hydrogen-bond acceptors (Lipinski definition) is 4. The molecule has 0 aliphatic rings. The van der Waals surface area contributed by atoms with E-state index >= 15 is 0 Å². The molecule has 0 saturated heterocycles. The molecule has 106 valence electrons. The summed E-state index contributed by atoms with van der Waals surface area (Å²) < 4.78 is 2.08. The first kappa shape index (κ1) is 14.0. The molecule has 0 amide bonds. The Hall–Kier alpha value is -2.37. The topological polar surface area (TPSA) is 73.0 Å². The van der Waals surface area contributed by atoms with E-state index in [1.54, 1.807) is 18.3 Å². The maximum absolute atomic E-state index is 10.8. The number of non-ortho nitro benzene ring substituents is 1. The number of nitrogens with zero attached hydrogens (tertiary/aromatic N) is 3. The lowest BCUT2D eigenvalue weighted by molar-refractivity contribution is -0.384. The van der Waals surface area contributed by atoms with Crippen molar-refractivity contribution >= 4 is 11.4 Å². The highest BCUT2D eigenvalue weighted by Gasteiger charge is 2.09. The van der Waals surface area contributed by atoms with Gasteiger partial charge >= 0.3 is 0 Å². The third-order valence-corrected chi connectivity index (χ3v) is 3.14. The second-order valence-electron chi connectivity index (χ2n) is 4.65. The monoisotopic (exact) mass is 274 g/mol. The first-order valence-electron chi connectivity index (χ1n) is 6.60. The van der Waals surface area contributed by atoms with Crippen LogP contribution in [0.2, 0.25) is 0 Å². The fourth-order valence-electron chi connectivity index (χ4n) is 2.04. The highest BCUT2D eigenvalue weighted by molar-refractivity contribution is 5.56. The minimum absolute atomic E-state index is 0.0926. The van der Waals surface area contributed by atoms with Crippen LogP contribution in [0.15, 0.2) is 30.6 Å². The lowest BCUT2D eigenvalue weighted by Crippen LogP contribution is -2.09. The van der Waals surface area contributed by atoms with Crippen LogP contribution < -0.4 is 5.32 Å². The average molecular weight is 274 g/mol. The van der Waals surface area contributed by atoms with Crippen molar-refractivity contribution in [3.05, 3.63) is 52.1 Å². The normalized spacial score (nSPS) is 10.5. The minimum Gasteiger partial charge on any atom is -0.377 e. The van der Waals surface area contributed by atoms with E-state index in [1.165, 1.54) is 6.07 Å². The fourth-order valence-corrected chi connectivity index (χ4v) is 2.04. The number of nitrogens with one attached hydrogen (secondary N) is 1. The van der Waals surface area contributed by atoms with Crippen molar-refractivity contribution in [2.45, 2.75) is 33.4 Å². The number of imidazole rings is 1. The molecule has 1 aromatic heterocycles. The van der Waals surface area contributed by atoms with Gasteiger partial charge in [0, 0.05) is 36.8 Å². The van der Waals surface area contributed by atoms with Gasteiger partial charge in [0.05, 0.1) is 11.5 Å². The highest BCUT2D eigenvalue weighted by Crippen LogP contribution is 2.22. The summed E-state index contributed by atoms with van der Waals surface area (Å²) in [6, 6.07) is 4.82. The Balaban J connectivity index is 2.12. The highest BCUT2D eigenvalue weighted by atomic mass is 16.6. The molecule has 6 heteroatoms. The molecule has 0 aliphatic carbocycles. The average Bonchev–Trinajstić information content (AvgIpc) is 2.85. The van der Waals surface area contributed by atoms with Gasteiger partial charge in [-0.15, -0.1) is 0 Å². The molecule has 20 heavy (non-hydrogen) atoms. The van der Waals surface area contributed by atoms with Crippen molar-refractivity contribution in [3.63, 3.8) is 0 Å². The van der Waals surface area contributed by atoms with Gasteiger partial charge in [0.15, 0.2) is 0 Å². The third-order valence-electron chi connectivity index (χ3n) is 3.14. The number of nitro groups is 1. The zero-order valence-electron chi connectivity index (χ0n) is 11.7. The molecule has 0 radical (unpaired) electrons. The SMILES string of the molecule is CCCn1ccnc1CNc1cc([N+](=O)[O-])ccc1C. The summed E-state index contributed by atoms with van der Waals surface area (Å²) in [5.41, 5.74) is 1.84. The van der Waals surface area contributed by atoms with Crippen LogP contribution in [-0.2, 0) is 13.1 Å². The van der Waals surface area contributed by atoms with E-state index in [-0.39, 0.29) is 10.6 Å². The van der Waals surface area contributed by atoms with Crippen LogP contribution in [0.3, 0.4) is 0 Å². The summed E-state index contributed by atoms with van der Waals surface area (Å²) in [5, 5.41) is 14.0. The van der Waals surface area contributed by atoms with E-state index < -0.39 is 0 Å². The lowest BCUT2D eigenvalue weighted by Gasteiger charge is -2.10. The van der Waals surface area contributed by atoms with Crippen LogP contribution in [0, 0.1) is 17.0 Å².